The van der Waals surface area contributed by atoms with Crippen LogP contribution in [-0.2, 0) is 26.8 Å². The van der Waals surface area contributed by atoms with E-state index in [9.17, 15) is 49.4 Å². The molecule has 40 heavy (non-hydrogen) atoms. The molecular weight excluding hydrogens is 575 g/mol. The molecule has 0 saturated heterocycles. The number of anilines is 1. The number of hydrazone groups is 1. The zero-order valence-electron chi connectivity index (χ0n) is 20.9. The van der Waals surface area contributed by atoms with Gasteiger partial charge < -0.3 is 14.9 Å². The van der Waals surface area contributed by atoms with E-state index in [-0.39, 0.29) is 41.3 Å². The third kappa shape index (κ3) is 5.19. The Bertz CT molecular complexity index is 1390. The van der Waals surface area contributed by atoms with Gasteiger partial charge in [-0.25, -0.2) is 12.8 Å². The lowest BCUT2D eigenvalue weighted by molar-refractivity contribution is -0.376. The van der Waals surface area contributed by atoms with Crippen molar-refractivity contribution in [2.75, 3.05) is 4.31 Å². The second-order valence-electron chi connectivity index (χ2n) is 9.94. The van der Waals surface area contributed by atoms with Gasteiger partial charge in [0.05, 0.1) is 16.6 Å². The molecule has 0 bridgehead atoms. The second kappa shape index (κ2) is 9.76. The molecule has 0 amide bonds. The third-order valence-corrected chi connectivity index (χ3v) is 8.46. The number of sulfonamides is 1. The van der Waals surface area contributed by atoms with Gasteiger partial charge >= 0.3 is 12.4 Å². The number of hydrogen-bond acceptors (Lipinski definition) is 7. The van der Waals surface area contributed by atoms with Crippen LogP contribution in [-0.4, -0.2) is 54.8 Å². The van der Waals surface area contributed by atoms with Crippen molar-refractivity contribution in [3.63, 3.8) is 0 Å². The number of hydrogen-bond donors (Lipinski definition) is 3. The Kier molecular flexibility index (Phi) is 7.29. The number of alkyl halides is 6. The summed E-state index contributed by atoms with van der Waals surface area (Å²) in [5.41, 5.74) is -5.98. The summed E-state index contributed by atoms with van der Waals surface area (Å²) in [6.07, 6.45) is -13.5. The van der Waals surface area contributed by atoms with E-state index in [0.29, 0.717) is 12.1 Å². The van der Waals surface area contributed by atoms with Crippen molar-refractivity contribution < 1.29 is 54.1 Å². The molecular formula is C24H24F7N3O5S. The monoisotopic (exact) mass is 599 g/mol. The molecule has 2 aromatic rings. The van der Waals surface area contributed by atoms with Crippen LogP contribution in [0.15, 0.2) is 52.5 Å². The predicted molar refractivity (Wildman–Crippen MR) is 127 cm³/mol. The van der Waals surface area contributed by atoms with Gasteiger partial charge in [-0.05, 0) is 62.6 Å². The van der Waals surface area contributed by atoms with Gasteiger partial charge in [-0.15, -0.1) is 5.10 Å². The SMILES string of the molecule is CC(C)(O)C1=NNC(C[C@@H]2CCc3cc(C(O)(C(F)(F)F)C(F)(F)F)ccc3N2S(=O)(=O)c2ccc(F)cc2)O1. The first-order valence-corrected chi connectivity index (χ1v) is 13.2. The van der Waals surface area contributed by atoms with Gasteiger partial charge in [0.15, 0.2) is 6.23 Å². The van der Waals surface area contributed by atoms with Crippen molar-refractivity contribution in [2.45, 2.75) is 73.8 Å². The highest BCUT2D eigenvalue weighted by Crippen LogP contribution is 2.51. The summed E-state index contributed by atoms with van der Waals surface area (Å²) in [4.78, 5) is -0.383. The minimum atomic E-state index is -6.12. The van der Waals surface area contributed by atoms with Gasteiger partial charge in [0.25, 0.3) is 15.6 Å². The summed E-state index contributed by atoms with van der Waals surface area (Å²) in [6, 6.07) is 4.37. The molecule has 2 heterocycles. The molecule has 0 aliphatic carbocycles. The van der Waals surface area contributed by atoms with E-state index in [1.165, 1.54) is 13.8 Å². The number of fused-ring (bicyclic) bond motifs is 1. The highest BCUT2D eigenvalue weighted by Gasteiger charge is 2.71. The van der Waals surface area contributed by atoms with Crippen LogP contribution in [0.1, 0.15) is 37.8 Å². The number of aryl methyl sites for hydroxylation is 1. The first kappa shape index (κ1) is 29.9. The average molecular weight is 600 g/mol. The summed E-state index contributed by atoms with van der Waals surface area (Å²) >= 11 is 0. The van der Waals surface area contributed by atoms with Crippen molar-refractivity contribution in [3.8, 4) is 0 Å². The van der Waals surface area contributed by atoms with Crippen LogP contribution in [0.4, 0.5) is 36.4 Å². The Morgan fingerprint density at radius 1 is 1.02 bits per heavy atom. The van der Waals surface area contributed by atoms with E-state index >= 15 is 0 Å². The van der Waals surface area contributed by atoms with Crippen LogP contribution in [0.3, 0.4) is 0 Å². The van der Waals surface area contributed by atoms with E-state index in [0.717, 1.165) is 34.6 Å². The summed E-state index contributed by atoms with van der Waals surface area (Å²) in [5.74, 6) is -0.817. The van der Waals surface area contributed by atoms with Crippen LogP contribution in [0.5, 0.6) is 0 Å². The summed E-state index contributed by atoms with van der Waals surface area (Å²) in [7, 11) is -4.54. The Balaban J connectivity index is 1.78. The predicted octanol–water partition coefficient (Wildman–Crippen LogP) is 4.07. The van der Waals surface area contributed by atoms with Crippen LogP contribution >= 0.6 is 0 Å². The molecule has 2 atom stereocenters. The Labute approximate surface area is 224 Å². The zero-order chi connectivity index (χ0) is 29.9. The van der Waals surface area contributed by atoms with Crippen LogP contribution in [0.25, 0.3) is 0 Å². The molecule has 220 valence electrons. The number of rotatable bonds is 6. The van der Waals surface area contributed by atoms with E-state index in [2.05, 4.69) is 10.5 Å². The number of halogens is 7. The topological polar surface area (TPSA) is 111 Å². The molecule has 16 heteroatoms. The molecule has 4 rings (SSSR count). The molecule has 2 aromatic carbocycles. The van der Waals surface area contributed by atoms with Gasteiger partial charge in [-0.2, -0.15) is 26.3 Å². The molecule has 0 spiro atoms. The molecule has 0 saturated carbocycles. The smallest absolute Gasteiger partial charge is 0.430 e. The number of aliphatic hydroxyl groups is 2. The van der Waals surface area contributed by atoms with Gasteiger partial charge in [0.1, 0.15) is 11.4 Å². The lowest BCUT2D eigenvalue weighted by atomic mass is 9.87. The van der Waals surface area contributed by atoms with Gasteiger partial charge in [-0.1, -0.05) is 12.1 Å². The molecule has 0 radical (unpaired) electrons. The zero-order valence-corrected chi connectivity index (χ0v) is 21.7. The van der Waals surface area contributed by atoms with Crippen LogP contribution < -0.4 is 9.73 Å². The van der Waals surface area contributed by atoms with Crippen molar-refractivity contribution in [1.82, 2.24) is 5.43 Å². The molecule has 2 aliphatic rings. The maximum absolute atomic E-state index is 13.7. The van der Waals surface area contributed by atoms with Crippen molar-refractivity contribution in [2.24, 2.45) is 5.10 Å². The lowest BCUT2D eigenvalue weighted by Gasteiger charge is -2.40. The van der Waals surface area contributed by atoms with Gasteiger partial charge in [0, 0.05) is 12.0 Å². The largest absolute Gasteiger partial charge is 0.452 e. The maximum Gasteiger partial charge on any atom is 0.430 e. The standard InChI is InChI=1S/C24H24F7N3O5S/c1-21(2,35)20-33-32-19(39-20)12-16-7-3-13-11-14(22(36,23(26,27)28)24(29,30)31)4-10-18(13)34(16)40(37,38)17-8-5-15(25)6-9-17/h4-6,8-11,16,19,32,35-36H,3,7,12H2,1-2H3/t16-,19?/m0/s1. The van der Waals surface area contributed by atoms with E-state index in [4.69, 9.17) is 4.74 Å². The van der Waals surface area contributed by atoms with Crippen molar-refractivity contribution >= 4 is 21.6 Å². The second-order valence-corrected chi connectivity index (χ2v) is 11.8. The first-order valence-electron chi connectivity index (χ1n) is 11.8. The van der Waals surface area contributed by atoms with E-state index in [1.807, 2.05) is 0 Å². The quantitative estimate of drug-likeness (QED) is 0.432. The minimum Gasteiger partial charge on any atom is -0.452 e. The molecule has 2 aliphatic heterocycles. The molecule has 0 aromatic heterocycles. The number of nitrogens with one attached hydrogen (secondary N) is 1. The Morgan fingerprint density at radius 3 is 2.15 bits per heavy atom. The number of benzene rings is 2. The van der Waals surface area contributed by atoms with E-state index < -0.39 is 57.2 Å². The summed E-state index contributed by atoms with van der Waals surface area (Å²) in [5, 5.41) is 23.8. The normalized spacial score (nSPS) is 20.5. The fraction of sp³-hybridized carbons (Fsp3) is 0.458. The fourth-order valence-corrected chi connectivity index (χ4v) is 6.28. The Hall–Kier alpha value is -3.11. The number of nitrogens with zero attached hydrogens (tertiary/aromatic N) is 2. The molecule has 0 fully saturated rings. The van der Waals surface area contributed by atoms with Crippen molar-refractivity contribution in [1.29, 1.82) is 0 Å². The van der Waals surface area contributed by atoms with Crippen LogP contribution in [0.2, 0.25) is 0 Å². The summed E-state index contributed by atoms with van der Waals surface area (Å²) in [6.45, 7) is 2.80. The Morgan fingerprint density at radius 2 is 1.62 bits per heavy atom. The molecule has 8 nitrogen and oxygen atoms in total. The average Bonchev–Trinajstić information content (AvgIpc) is 3.31. The minimum absolute atomic E-state index is 0.0767. The third-order valence-electron chi connectivity index (χ3n) is 6.58. The summed E-state index contributed by atoms with van der Waals surface area (Å²) < 4.78 is 128. The highest BCUT2D eigenvalue weighted by atomic mass is 32.2. The van der Waals surface area contributed by atoms with E-state index in [1.54, 1.807) is 0 Å². The van der Waals surface area contributed by atoms with Gasteiger partial charge in [-0.3, -0.25) is 9.73 Å². The van der Waals surface area contributed by atoms with Crippen LogP contribution in [0, 0.1) is 5.82 Å². The molecule has 3 N–H and O–H groups in total. The van der Waals surface area contributed by atoms with Crippen molar-refractivity contribution in [3.05, 3.63) is 59.4 Å². The number of ether oxygens (including phenoxy) is 1. The fourth-order valence-electron chi connectivity index (χ4n) is 4.56. The first-order chi connectivity index (χ1) is 18.3. The molecule has 1 unspecified atom stereocenters. The lowest BCUT2D eigenvalue weighted by Crippen LogP contribution is -2.54. The van der Waals surface area contributed by atoms with Gasteiger partial charge in [0.2, 0.25) is 5.90 Å². The highest BCUT2D eigenvalue weighted by molar-refractivity contribution is 7.92. The maximum atomic E-state index is 13.7.